The number of benzene rings is 4. The Hall–Kier alpha value is -4.91. The maximum Gasteiger partial charge on any atom is 0.251 e. The van der Waals surface area contributed by atoms with E-state index < -0.39 is 0 Å². The van der Waals surface area contributed by atoms with Gasteiger partial charge < -0.3 is 19.5 Å². The predicted octanol–water partition coefficient (Wildman–Crippen LogP) is 6.70. The zero-order valence-electron chi connectivity index (χ0n) is 22.8. The molecule has 5 rings (SSSR count). The Balaban J connectivity index is 1.51. The van der Waals surface area contributed by atoms with Crippen LogP contribution >= 0.6 is 0 Å². The van der Waals surface area contributed by atoms with Gasteiger partial charge in [0.1, 0.15) is 17.2 Å². The molecule has 0 fully saturated rings. The molecule has 0 aliphatic heterocycles. The second-order valence-electron chi connectivity index (χ2n) is 9.03. The molecular formula is C33H31N3O4. The van der Waals surface area contributed by atoms with Gasteiger partial charge >= 0.3 is 0 Å². The van der Waals surface area contributed by atoms with Gasteiger partial charge in [0.2, 0.25) is 0 Å². The first-order valence-electron chi connectivity index (χ1n) is 13.3. The van der Waals surface area contributed by atoms with E-state index in [-0.39, 0.29) is 5.91 Å². The molecule has 0 atom stereocenters. The lowest BCUT2D eigenvalue weighted by atomic mass is 10.0. The number of para-hydroxylation sites is 1. The van der Waals surface area contributed by atoms with Crippen molar-refractivity contribution in [3.8, 4) is 39.8 Å². The average Bonchev–Trinajstić information content (AvgIpc) is 3.00. The Labute approximate surface area is 233 Å². The topological polar surface area (TPSA) is 82.6 Å². The lowest BCUT2D eigenvalue weighted by Gasteiger charge is -2.13. The number of rotatable bonds is 10. The van der Waals surface area contributed by atoms with E-state index in [0.717, 1.165) is 39.6 Å². The number of nitrogens with one attached hydrogen (secondary N) is 1. The van der Waals surface area contributed by atoms with Gasteiger partial charge in [0.25, 0.3) is 5.91 Å². The molecule has 4 aromatic carbocycles. The molecule has 40 heavy (non-hydrogen) atoms. The summed E-state index contributed by atoms with van der Waals surface area (Å²) in [6.07, 6.45) is 0. The third-order valence-corrected chi connectivity index (χ3v) is 6.44. The minimum Gasteiger partial charge on any atom is -0.496 e. The fourth-order valence-corrected chi connectivity index (χ4v) is 4.48. The maximum absolute atomic E-state index is 13.1. The molecule has 0 spiro atoms. The normalized spacial score (nSPS) is 10.8. The number of fused-ring (bicyclic) bond motifs is 1. The van der Waals surface area contributed by atoms with Gasteiger partial charge in [-0.3, -0.25) is 4.79 Å². The van der Waals surface area contributed by atoms with Crippen LogP contribution in [0.15, 0.2) is 91.0 Å². The fraction of sp³-hybridized carbons (Fsp3) is 0.182. The van der Waals surface area contributed by atoms with Crippen LogP contribution in [-0.4, -0.2) is 36.2 Å². The third-order valence-electron chi connectivity index (χ3n) is 6.44. The molecule has 0 bridgehead atoms. The van der Waals surface area contributed by atoms with Crippen LogP contribution in [-0.2, 0) is 6.54 Å². The highest BCUT2D eigenvalue weighted by molar-refractivity contribution is 5.98. The molecule has 1 aromatic heterocycles. The lowest BCUT2D eigenvalue weighted by molar-refractivity contribution is 0.0951. The number of carbonyl (C=O) groups is 1. The third kappa shape index (κ3) is 5.89. The van der Waals surface area contributed by atoms with Crippen molar-refractivity contribution in [2.75, 3.05) is 20.3 Å². The van der Waals surface area contributed by atoms with Crippen LogP contribution in [0.1, 0.15) is 29.8 Å². The SMILES string of the molecule is CCOc1ccc(-c2nc3ccc(C(=O)NCc4ccccc4OC)cc3nc2-c2ccc(OCC)cc2)cc1. The van der Waals surface area contributed by atoms with Gasteiger partial charge in [-0.05, 0) is 86.6 Å². The monoisotopic (exact) mass is 533 g/mol. The number of methoxy groups -OCH3 is 1. The Kier molecular flexibility index (Phi) is 8.21. The van der Waals surface area contributed by atoms with Crippen molar-refractivity contribution in [2.24, 2.45) is 0 Å². The van der Waals surface area contributed by atoms with Crippen LogP contribution in [0, 0.1) is 0 Å². The van der Waals surface area contributed by atoms with Crippen molar-refractivity contribution in [3.05, 3.63) is 102 Å². The van der Waals surface area contributed by atoms with Crippen molar-refractivity contribution >= 4 is 16.9 Å². The largest absolute Gasteiger partial charge is 0.496 e. The molecule has 1 amide bonds. The number of hydrogen-bond donors (Lipinski definition) is 1. The summed E-state index contributed by atoms with van der Waals surface area (Å²) in [5.74, 6) is 2.12. The molecule has 202 valence electrons. The number of hydrogen-bond acceptors (Lipinski definition) is 6. The molecule has 0 radical (unpaired) electrons. The van der Waals surface area contributed by atoms with Crippen LogP contribution in [0.25, 0.3) is 33.5 Å². The van der Waals surface area contributed by atoms with Gasteiger partial charge in [-0.15, -0.1) is 0 Å². The number of ether oxygens (including phenoxy) is 3. The molecule has 0 unspecified atom stereocenters. The molecule has 0 aliphatic rings. The zero-order valence-corrected chi connectivity index (χ0v) is 22.8. The summed E-state index contributed by atoms with van der Waals surface area (Å²) in [4.78, 5) is 23.1. The highest BCUT2D eigenvalue weighted by Gasteiger charge is 2.16. The number of amides is 1. The Bertz CT molecular complexity index is 1620. The summed E-state index contributed by atoms with van der Waals surface area (Å²) in [5, 5.41) is 2.98. The summed E-state index contributed by atoms with van der Waals surface area (Å²) in [6.45, 7) is 5.45. The highest BCUT2D eigenvalue weighted by Crippen LogP contribution is 2.33. The standard InChI is InChI=1S/C33H31N3O4/c1-4-39-26-15-10-22(11-16-26)31-32(23-12-17-27(18-13-23)40-5-2)36-29-20-24(14-19-28(29)35-31)33(37)34-21-25-8-6-7-9-30(25)38-3/h6-20H,4-5,21H2,1-3H3,(H,34,37). The van der Waals surface area contributed by atoms with E-state index in [1.165, 1.54) is 0 Å². The van der Waals surface area contributed by atoms with Gasteiger partial charge in [-0.2, -0.15) is 0 Å². The van der Waals surface area contributed by atoms with Crippen molar-refractivity contribution in [1.82, 2.24) is 15.3 Å². The summed E-state index contributed by atoms with van der Waals surface area (Å²) in [6, 6.07) is 28.6. The van der Waals surface area contributed by atoms with Crippen molar-refractivity contribution in [1.29, 1.82) is 0 Å². The molecular weight excluding hydrogens is 502 g/mol. The molecule has 0 saturated heterocycles. The molecule has 0 aliphatic carbocycles. The van der Waals surface area contributed by atoms with Gasteiger partial charge in [0.15, 0.2) is 0 Å². The fourth-order valence-electron chi connectivity index (χ4n) is 4.48. The molecule has 1 heterocycles. The van der Waals surface area contributed by atoms with E-state index in [0.29, 0.717) is 42.0 Å². The van der Waals surface area contributed by atoms with Crippen molar-refractivity contribution in [3.63, 3.8) is 0 Å². The first kappa shape index (κ1) is 26.7. The van der Waals surface area contributed by atoms with Crippen LogP contribution in [0.4, 0.5) is 0 Å². The summed E-state index contributed by atoms with van der Waals surface area (Å²) >= 11 is 0. The Morgan fingerprint density at radius 1 is 0.725 bits per heavy atom. The Morgan fingerprint density at radius 3 is 1.88 bits per heavy atom. The van der Waals surface area contributed by atoms with E-state index >= 15 is 0 Å². The van der Waals surface area contributed by atoms with Crippen molar-refractivity contribution in [2.45, 2.75) is 20.4 Å². The number of nitrogens with zero attached hydrogens (tertiary/aromatic N) is 2. The highest BCUT2D eigenvalue weighted by atomic mass is 16.5. The summed E-state index contributed by atoms with van der Waals surface area (Å²) < 4.78 is 16.6. The second kappa shape index (κ2) is 12.3. The van der Waals surface area contributed by atoms with Gasteiger partial charge in [0.05, 0.1) is 42.7 Å². The molecule has 7 nitrogen and oxygen atoms in total. The summed E-state index contributed by atoms with van der Waals surface area (Å²) in [5.41, 5.74) is 6.00. The van der Waals surface area contributed by atoms with Crippen LogP contribution in [0.3, 0.4) is 0 Å². The van der Waals surface area contributed by atoms with Crippen LogP contribution in [0.2, 0.25) is 0 Å². The average molecular weight is 534 g/mol. The van der Waals surface area contributed by atoms with Crippen molar-refractivity contribution < 1.29 is 19.0 Å². The zero-order chi connectivity index (χ0) is 27.9. The summed E-state index contributed by atoms with van der Waals surface area (Å²) in [7, 11) is 1.62. The first-order valence-corrected chi connectivity index (χ1v) is 13.3. The van der Waals surface area contributed by atoms with Gasteiger partial charge in [0, 0.05) is 28.8 Å². The predicted molar refractivity (Wildman–Crippen MR) is 157 cm³/mol. The van der Waals surface area contributed by atoms with E-state index in [1.807, 2.05) is 92.7 Å². The van der Waals surface area contributed by atoms with Gasteiger partial charge in [-0.25, -0.2) is 9.97 Å². The number of aromatic nitrogens is 2. The minimum atomic E-state index is -0.201. The van der Waals surface area contributed by atoms with E-state index in [4.69, 9.17) is 24.2 Å². The first-order chi connectivity index (χ1) is 19.6. The molecule has 0 saturated carbocycles. The van der Waals surface area contributed by atoms with Crippen LogP contribution in [0.5, 0.6) is 17.2 Å². The number of carbonyl (C=O) groups excluding carboxylic acids is 1. The molecule has 5 aromatic rings. The quantitative estimate of drug-likeness (QED) is 0.215. The minimum absolute atomic E-state index is 0.201. The van der Waals surface area contributed by atoms with E-state index in [9.17, 15) is 4.79 Å². The van der Waals surface area contributed by atoms with E-state index in [1.54, 1.807) is 19.2 Å². The lowest BCUT2D eigenvalue weighted by Crippen LogP contribution is -2.23. The Morgan fingerprint density at radius 2 is 1.30 bits per heavy atom. The van der Waals surface area contributed by atoms with E-state index in [2.05, 4.69) is 5.32 Å². The van der Waals surface area contributed by atoms with Gasteiger partial charge in [-0.1, -0.05) is 18.2 Å². The maximum atomic E-state index is 13.1. The second-order valence-corrected chi connectivity index (χ2v) is 9.03. The molecule has 7 heteroatoms. The smallest absolute Gasteiger partial charge is 0.251 e. The molecule has 1 N–H and O–H groups in total. The van der Waals surface area contributed by atoms with Crippen LogP contribution < -0.4 is 19.5 Å².